The molecule has 1 unspecified atom stereocenters. The maximum Gasteiger partial charge on any atom is 0.350 e. The molecule has 17 heavy (non-hydrogen) atoms. The fraction of sp³-hybridized carbons (Fsp3) is 0.833. The van der Waals surface area contributed by atoms with E-state index in [-0.39, 0.29) is 0 Å². The van der Waals surface area contributed by atoms with Crippen LogP contribution in [0.3, 0.4) is 0 Å². The number of rotatable bonds is 9. The monoisotopic (exact) mass is 247 g/mol. The Labute approximate surface area is 102 Å². The highest BCUT2D eigenvalue weighted by atomic mass is 19.1. The van der Waals surface area contributed by atoms with Crippen molar-refractivity contribution >= 4 is 11.9 Å². The van der Waals surface area contributed by atoms with Gasteiger partial charge in [0.2, 0.25) is 0 Å². The molecular formula is C12H22FNO3. The Hall–Kier alpha value is -1.13. The standard InChI is InChI=1S/C12H22FNO3/c1-3-4-5-6-7-8-9-14-11(15)10(13)12(16)17-2/h10H,3-9H2,1-2H3,(H,14,15). The minimum absolute atomic E-state index is 0.405. The molecule has 0 aromatic carbocycles. The number of alkyl halides is 1. The van der Waals surface area contributed by atoms with Gasteiger partial charge in [-0.2, -0.15) is 0 Å². The molecule has 0 aliphatic rings. The number of hydrogen-bond acceptors (Lipinski definition) is 3. The third-order valence-electron chi connectivity index (χ3n) is 2.47. The first-order valence-electron chi connectivity index (χ1n) is 6.13. The van der Waals surface area contributed by atoms with Gasteiger partial charge in [0.1, 0.15) is 0 Å². The number of carbonyl (C=O) groups excluding carboxylic acids is 2. The van der Waals surface area contributed by atoms with E-state index in [4.69, 9.17) is 0 Å². The second-order valence-corrected chi connectivity index (χ2v) is 3.94. The van der Waals surface area contributed by atoms with Crippen LogP contribution in [0.2, 0.25) is 0 Å². The fourth-order valence-corrected chi connectivity index (χ4v) is 1.42. The van der Waals surface area contributed by atoms with Crippen molar-refractivity contribution in [1.82, 2.24) is 5.32 Å². The third-order valence-corrected chi connectivity index (χ3v) is 2.47. The van der Waals surface area contributed by atoms with Gasteiger partial charge >= 0.3 is 5.97 Å². The summed E-state index contributed by atoms with van der Waals surface area (Å²) in [5.74, 6) is -2.06. The van der Waals surface area contributed by atoms with Crippen molar-refractivity contribution in [1.29, 1.82) is 0 Å². The van der Waals surface area contributed by atoms with E-state index in [1.807, 2.05) is 0 Å². The van der Waals surface area contributed by atoms with Crippen molar-refractivity contribution in [2.75, 3.05) is 13.7 Å². The molecule has 0 fully saturated rings. The molecule has 1 atom stereocenters. The number of hydrogen-bond donors (Lipinski definition) is 1. The maximum atomic E-state index is 13.0. The normalized spacial score (nSPS) is 11.9. The van der Waals surface area contributed by atoms with E-state index in [1.165, 1.54) is 19.3 Å². The first-order valence-corrected chi connectivity index (χ1v) is 6.13. The van der Waals surface area contributed by atoms with Gasteiger partial charge in [0.15, 0.2) is 0 Å². The Kier molecular flexibility index (Phi) is 9.38. The van der Waals surface area contributed by atoms with Gasteiger partial charge in [-0.15, -0.1) is 0 Å². The van der Waals surface area contributed by atoms with Crippen LogP contribution in [0.15, 0.2) is 0 Å². The Morgan fingerprint density at radius 3 is 2.35 bits per heavy atom. The summed E-state index contributed by atoms with van der Waals surface area (Å²) in [4.78, 5) is 21.8. The zero-order valence-electron chi connectivity index (χ0n) is 10.6. The van der Waals surface area contributed by atoms with Crippen LogP contribution >= 0.6 is 0 Å². The molecule has 0 aliphatic carbocycles. The summed E-state index contributed by atoms with van der Waals surface area (Å²) in [6, 6.07) is 0. The van der Waals surface area contributed by atoms with E-state index >= 15 is 0 Å². The highest BCUT2D eigenvalue weighted by molar-refractivity contribution is 6.00. The lowest BCUT2D eigenvalue weighted by molar-refractivity contribution is -0.151. The summed E-state index contributed by atoms with van der Waals surface area (Å²) in [5, 5.41) is 2.37. The first kappa shape index (κ1) is 15.9. The summed E-state index contributed by atoms with van der Waals surface area (Å²) in [7, 11) is 1.05. The minimum Gasteiger partial charge on any atom is -0.466 e. The average molecular weight is 247 g/mol. The number of methoxy groups -OCH3 is 1. The van der Waals surface area contributed by atoms with Crippen LogP contribution in [0, 0.1) is 0 Å². The molecule has 0 saturated heterocycles. The number of amides is 1. The summed E-state index contributed by atoms with van der Waals surface area (Å²) < 4.78 is 17.1. The summed E-state index contributed by atoms with van der Waals surface area (Å²) in [6.07, 6.45) is 4.34. The molecule has 0 spiro atoms. The lowest BCUT2D eigenvalue weighted by Gasteiger charge is -2.07. The van der Waals surface area contributed by atoms with E-state index in [2.05, 4.69) is 17.0 Å². The zero-order valence-corrected chi connectivity index (χ0v) is 10.6. The Balaban J connectivity index is 3.48. The number of carbonyl (C=O) groups is 2. The third kappa shape index (κ3) is 7.71. The van der Waals surface area contributed by atoms with Gasteiger partial charge in [-0.05, 0) is 6.42 Å². The molecule has 100 valence electrons. The number of esters is 1. The Bertz CT molecular complexity index is 234. The van der Waals surface area contributed by atoms with Crippen LogP contribution < -0.4 is 5.32 Å². The fourth-order valence-electron chi connectivity index (χ4n) is 1.42. The van der Waals surface area contributed by atoms with Gasteiger partial charge in [-0.1, -0.05) is 39.0 Å². The van der Waals surface area contributed by atoms with Gasteiger partial charge in [-0.3, -0.25) is 4.79 Å². The van der Waals surface area contributed by atoms with Gasteiger partial charge in [-0.25, -0.2) is 9.18 Å². The molecule has 5 heteroatoms. The van der Waals surface area contributed by atoms with Crippen LogP contribution in [-0.4, -0.2) is 31.7 Å². The van der Waals surface area contributed by atoms with Gasteiger partial charge in [0.25, 0.3) is 12.1 Å². The molecule has 0 aromatic rings. The van der Waals surface area contributed by atoms with Crippen molar-refractivity contribution in [3.8, 4) is 0 Å². The zero-order chi connectivity index (χ0) is 13.1. The molecule has 4 nitrogen and oxygen atoms in total. The molecular weight excluding hydrogens is 225 g/mol. The minimum atomic E-state index is -2.21. The predicted molar refractivity (Wildman–Crippen MR) is 63.3 cm³/mol. The van der Waals surface area contributed by atoms with Gasteiger partial charge < -0.3 is 10.1 Å². The van der Waals surface area contributed by atoms with Gasteiger partial charge in [0, 0.05) is 6.54 Å². The number of nitrogens with one attached hydrogen (secondary N) is 1. The highest BCUT2D eigenvalue weighted by Gasteiger charge is 2.26. The molecule has 0 heterocycles. The van der Waals surface area contributed by atoms with E-state index in [9.17, 15) is 14.0 Å². The molecule has 1 amide bonds. The van der Waals surface area contributed by atoms with E-state index in [0.717, 1.165) is 26.4 Å². The highest BCUT2D eigenvalue weighted by Crippen LogP contribution is 2.04. The van der Waals surface area contributed by atoms with E-state index < -0.39 is 18.0 Å². The number of halogens is 1. The largest absolute Gasteiger partial charge is 0.466 e. The van der Waals surface area contributed by atoms with E-state index in [1.54, 1.807) is 0 Å². The molecule has 0 radical (unpaired) electrons. The van der Waals surface area contributed by atoms with Crippen LogP contribution in [0.5, 0.6) is 0 Å². The van der Waals surface area contributed by atoms with Crippen molar-refractivity contribution in [2.24, 2.45) is 0 Å². The van der Waals surface area contributed by atoms with Crippen LogP contribution in [0.4, 0.5) is 4.39 Å². The SMILES string of the molecule is CCCCCCCCNC(=O)C(F)C(=O)OC. The second kappa shape index (κ2) is 10.1. The molecule has 0 aromatic heterocycles. The summed E-state index contributed by atoms with van der Waals surface area (Å²) in [6.45, 7) is 2.55. The van der Waals surface area contributed by atoms with E-state index in [0.29, 0.717) is 6.54 Å². The molecule has 0 saturated carbocycles. The van der Waals surface area contributed by atoms with Crippen LogP contribution in [0.1, 0.15) is 45.4 Å². The van der Waals surface area contributed by atoms with Crippen molar-refractivity contribution in [3.63, 3.8) is 0 Å². The molecule has 0 rings (SSSR count). The average Bonchev–Trinajstić information content (AvgIpc) is 2.35. The summed E-state index contributed by atoms with van der Waals surface area (Å²) in [5.41, 5.74) is 0. The van der Waals surface area contributed by atoms with Crippen molar-refractivity contribution in [3.05, 3.63) is 0 Å². The Morgan fingerprint density at radius 2 is 1.76 bits per heavy atom. The lowest BCUT2D eigenvalue weighted by Crippen LogP contribution is -2.38. The topological polar surface area (TPSA) is 55.4 Å². The van der Waals surface area contributed by atoms with Crippen molar-refractivity contribution in [2.45, 2.75) is 51.6 Å². The predicted octanol–water partition coefficient (Wildman–Crippen LogP) is 1.97. The maximum absolute atomic E-state index is 13.0. The number of ether oxygens (including phenoxy) is 1. The van der Waals surface area contributed by atoms with Crippen LogP contribution in [0.25, 0.3) is 0 Å². The Morgan fingerprint density at radius 1 is 1.18 bits per heavy atom. The lowest BCUT2D eigenvalue weighted by atomic mass is 10.1. The second-order valence-electron chi connectivity index (χ2n) is 3.94. The van der Waals surface area contributed by atoms with Crippen molar-refractivity contribution < 1.29 is 18.7 Å². The van der Waals surface area contributed by atoms with Gasteiger partial charge in [0.05, 0.1) is 7.11 Å². The summed E-state index contributed by atoms with van der Waals surface area (Å²) >= 11 is 0. The molecule has 0 aliphatic heterocycles. The molecule has 1 N–H and O–H groups in total. The number of unbranched alkanes of at least 4 members (excludes halogenated alkanes) is 5. The smallest absolute Gasteiger partial charge is 0.350 e. The quantitative estimate of drug-likeness (QED) is 0.385. The molecule has 0 bridgehead atoms. The van der Waals surface area contributed by atoms with Crippen LogP contribution in [-0.2, 0) is 14.3 Å². The first-order chi connectivity index (χ1) is 8.13.